The third-order valence-electron chi connectivity index (χ3n) is 4.20. The van der Waals surface area contributed by atoms with Gasteiger partial charge >= 0.3 is 5.97 Å². The van der Waals surface area contributed by atoms with Crippen LogP contribution in [0.5, 0.6) is 0 Å². The van der Waals surface area contributed by atoms with Crippen molar-refractivity contribution in [2.75, 3.05) is 26.7 Å². The molecule has 0 amide bonds. The summed E-state index contributed by atoms with van der Waals surface area (Å²) in [6.45, 7) is 0.639. The van der Waals surface area contributed by atoms with Crippen LogP contribution >= 0.6 is 23.2 Å². The number of nitrogens with zero attached hydrogens (tertiary/aromatic N) is 2. The zero-order valence-electron chi connectivity index (χ0n) is 13.3. The van der Waals surface area contributed by atoms with Gasteiger partial charge in [-0.3, -0.25) is 9.69 Å². The summed E-state index contributed by atoms with van der Waals surface area (Å²) < 4.78 is 27.1. The van der Waals surface area contributed by atoms with E-state index in [0.717, 1.165) is 6.42 Å². The summed E-state index contributed by atoms with van der Waals surface area (Å²) in [6.07, 6.45) is 1.98. The lowest BCUT2D eigenvalue weighted by Crippen LogP contribution is -2.37. The minimum absolute atomic E-state index is 0.00834. The van der Waals surface area contributed by atoms with Crippen LogP contribution in [0.2, 0.25) is 10.0 Å². The normalized spacial score (nSPS) is 20.1. The largest absolute Gasteiger partial charge is 0.480 e. The Labute approximate surface area is 152 Å². The van der Waals surface area contributed by atoms with Gasteiger partial charge in [0.2, 0.25) is 10.0 Å². The molecule has 1 aliphatic rings. The Kier molecular flexibility index (Phi) is 6.50. The number of halogens is 2. The SMILES string of the molecule is CN(CC(=O)O)C1CCCN(S(=O)(=O)c2cccc(Cl)c2Cl)CC1. The Balaban J connectivity index is 2.15. The van der Waals surface area contributed by atoms with Crippen molar-refractivity contribution in [1.29, 1.82) is 0 Å². The van der Waals surface area contributed by atoms with Gasteiger partial charge in [0.1, 0.15) is 4.90 Å². The molecule has 6 nitrogen and oxygen atoms in total. The molecule has 1 N–H and O–H groups in total. The van der Waals surface area contributed by atoms with Gasteiger partial charge in [-0.05, 0) is 38.4 Å². The number of carbonyl (C=O) groups is 1. The van der Waals surface area contributed by atoms with Crippen molar-refractivity contribution < 1.29 is 18.3 Å². The number of hydrogen-bond acceptors (Lipinski definition) is 4. The van der Waals surface area contributed by atoms with Gasteiger partial charge in [-0.25, -0.2) is 8.42 Å². The molecule has 1 aromatic rings. The van der Waals surface area contributed by atoms with Crippen LogP contribution in [0.25, 0.3) is 0 Å². The first-order valence-corrected chi connectivity index (χ1v) is 9.79. The van der Waals surface area contributed by atoms with Crippen molar-refractivity contribution in [3.05, 3.63) is 28.2 Å². The van der Waals surface area contributed by atoms with Gasteiger partial charge in [-0.1, -0.05) is 29.3 Å². The lowest BCUT2D eigenvalue weighted by atomic mass is 10.1. The van der Waals surface area contributed by atoms with Gasteiger partial charge < -0.3 is 5.11 Å². The molecule has 1 aliphatic heterocycles. The number of carboxylic acids is 1. The van der Waals surface area contributed by atoms with Crippen LogP contribution in [0.15, 0.2) is 23.1 Å². The van der Waals surface area contributed by atoms with E-state index in [4.69, 9.17) is 28.3 Å². The quantitative estimate of drug-likeness (QED) is 0.829. The van der Waals surface area contributed by atoms with Gasteiger partial charge in [0, 0.05) is 19.1 Å². The first kappa shape index (κ1) is 19.5. The molecule has 0 spiro atoms. The van der Waals surface area contributed by atoms with Gasteiger partial charge in [0.25, 0.3) is 0 Å². The van der Waals surface area contributed by atoms with E-state index in [9.17, 15) is 13.2 Å². The highest BCUT2D eigenvalue weighted by Crippen LogP contribution is 2.32. The Morgan fingerprint density at radius 3 is 2.71 bits per heavy atom. The van der Waals surface area contributed by atoms with Gasteiger partial charge in [-0.15, -0.1) is 0 Å². The Morgan fingerprint density at radius 2 is 2.04 bits per heavy atom. The molecule has 0 bridgehead atoms. The second-order valence-corrected chi connectivity index (χ2v) is 8.54. The summed E-state index contributed by atoms with van der Waals surface area (Å²) in [4.78, 5) is 12.6. The first-order chi connectivity index (χ1) is 11.2. The Morgan fingerprint density at radius 1 is 1.33 bits per heavy atom. The maximum Gasteiger partial charge on any atom is 0.317 e. The second-order valence-electron chi connectivity index (χ2n) is 5.85. The van der Waals surface area contributed by atoms with Crippen LogP contribution < -0.4 is 0 Å². The van der Waals surface area contributed by atoms with Crippen LogP contribution in [0, 0.1) is 0 Å². The molecule has 1 heterocycles. The van der Waals surface area contributed by atoms with Crippen molar-refractivity contribution >= 4 is 39.2 Å². The van der Waals surface area contributed by atoms with Gasteiger partial charge in [-0.2, -0.15) is 4.31 Å². The Bertz CT molecular complexity index is 711. The number of benzene rings is 1. The molecule has 0 radical (unpaired) electrons. The smallest absolute Gasteiger partial charge is 0.317 e. The molecule has 2 rings (SSSR count). The fourth-order valence-electron chi connectivity index (χ4n) is 2.90. The molecule has 1 atom stereocenters. The van der Waals surface area contributed by atoms with Crippen LogP contribution in [-0.2, 0) is 14.8 Å². The molecule has 0 aliphatic carbocycles. The van der Waals surface area contributed by atoms with E-state index in [1.54, 1.807) is 24.1 Å². The molecule has 0 saturated carbocycles. The number of hydrogen-bond donors (Lipinski definition) is 1. The monoisotopic (exact) mass is 394 g/mol. The topological polar surface area (TPSA) is 77.9 Å². The highest BCUT2D eigenvalue weighted by Gasteiger charge is 2.31. The Hall–Kier alpha value is -0.860. The number of sulfonamides is 1. The van der Waals surface area contributed by atoms with Crippen LogP contribution in [0.4, 0.5) is 0 Å². The van der Waals surface area contributed by atoms with Gasteiger partial charge in [0.15, 0.2) is 0 Å². The summed E-state index contributed by atoms with van der Waals surface area (Å²) in [5.74, 6) is -0.892. The van der Waals surface area contributed by atoms with Crippen molar-refractivity contribution in [2.45, 2.75) is 30.2 Å². The molecule has 1 fully saturated rings. The molecular formula is C15H20Cl2N2O4S. The fourth-order valence-corrected chi connectivity index (χ4v) is 5.13. The van der Waals surface area contributed by atoms with Crippen LogP contribution in [0.1, 0.15) is 19.3 Å². The highest BCUT2D eigenvalue weighted by atomic mass is 35.5. The van der Waals surface area contributed by atoms with E-state index in [2.05, 4.69) is 0 Å². The van der Waals surface area contributed by atoms with Crippen molar-refractivity contribution in [1.82, 2.24) is 9.21 Å². The average Bonchev–Trinajstić information content (AvgIpc) is 2.75. The molecule has 1 aromatic carbocycles. The zero-order valence-corrected chi connectivity index (χ0v) is 15.6. The van der Waals surface area contributed by atoms with E-state index in [1.165, 1.54) is 10.4 Å². The van der Waals surface area contributed by atoms with E-state index < -0.39 is 16.0 Å². The summed E-state index contributed by atoms with van der Waals surface area (Å²) in [7, 11) is -1.98. The first-order valence-electron chi connectivity index (χ1n) is 7.59. The van der Waals surface area contributed by atoms with Crippen molar-refractivity contribution in [3.63, 3.8) is 0 Å². The standard InChI is InChI=1S/C15H20Cl2N2O4S/c1-18(10-14(20)21)11-4-3-8-19(9-7-11)24(22,23)13-6-2-5-12(16)15(13)17/h2,5-6,11H,3-4,7-10H2,1H3,(H,20,21). The predicted octanol–water partition coefficient (Wildman–Crippen LogP) is 2.55. The third kappa shape index (κ3) is 4.40. The van der Waals surface area contributed by atoms with Gasteiger partial charge in [0.05, 0.1) is 16.6 Å². The fraction of sp³-hybridized carbons (Fsp3) is 0.533. The third-order valence-corrected chi connectivity index (χ3v) is 7.07. The van der Waals surface area contributed by atoms with Crippen molar-refractivity contribution in [3.8, 4) is 0 Å². The minimum Gasteiger partial charge on any atom is -0.480 e. The second kappa shape index (κ2) is 8.01. The summed E-state index contributed by atoms with van der Waals surface area (Å²) >= 11 is 12.0. The molecule has 0 aromatic heterocycles. The molecule has 9 heteroatoms. The molecule has 1 saturated heterocycles. The average molecular weight is 395 g/mol. The van der Waals surface area contributed by atoms with E-state index in [-0.39, 0.29) is 27.5 Å². The molecular weight excluding hydrogens is 375 g/mol. The van der Waals surface area contributed by atoms with E-state index >= 15 is 0 Å². The summed E-state index contributed by atoms with van der Waals surface area (Å²) in [6, 6.07) is 4.59. The molecule has 24 heavy (non-hydrogen) atoms. The zero-order chi connectivity index (χ0) is 17.9. The molecule has 1 unspecified atom stereocenters. The predicted molar refractivity (Wildman–Crippen MR) is 93.1 cm³/mol. The lowest BCUT2D eigenvalue weighted by molar-refractivity contribution is -0.138. The summed E-state index contributed by atoms with van der Waals surface area (Å²) in [5.41, 5.74) is 0. The van der Waals surface area contributed by atoms with E-state index in [1.807, 2.05) is 0 Å². The molecule has 134 valence electrons. The maximum absolute atomic E-state index is 12.8. The highest BCUT2D eigenvalue weighted by molar-refractivity contribution is 7.89. The lowest BCUT2D eigenvalue weighted by Gasteiger charge is -2.25. The van der Waals surface area contributed by atoms with Crippen LogP contribution in [0.3, 0.4) is 0 Å². The number of aliphatic carboxylic acids is 1. The number of likely N-dealkylation sites (N-methyl/N-ethyl adjacent to an activating group) is 1. The summed E-state index contributed by atoms with van der Waals surface area (Å²) in [5, 5.41) is 9.13. The van der Waals surface area contributed by atoms with E-state index in [0.29, 0.717) is 25.9 Å². The van der Waals surface area contributed by atoms with Crippen molar-refractivity contribution in [2.24, 2.45) is 0 Å². The number of rotatable bonds is 5. The maximum atomic E-state index is 12.8. The number of carboxylic acid groups (broad SMARTS) is 1. The minimum atomic E-state index is -3.73. The van der Waals surface area contributed by atoms with Crippen LogP contribution in [-0.4, -0.2) is 61.4 Å².